The molecule has 0 unspecified atom stereocenters. The second-order valence-corrected chi connectivity index (χ2v) is 6.35. The van der Waals surface area contributed by atoms with Gasteiger partial charge in [0.2, 0.25) is 0 Å². The maximum absolute atomic E-state index is 5.96. The molecule has 1 aromatic carbocycles. The van der Waals surface area contributed by atoms with Crippen LogP contribution in [0.5, 0.6) is 0 Å². The van der Waals surface area contributed by atoms with E-state index in [0.29, 0.717) is 5.41 Å². The van der Waals surface area contributed by atoms with Gasteiger partial charge in [0.05, 0.1) is 5.69 Å². The van der Waals surface area contributed by atoms with Crippen molar-refractivity contribution in [1.29, 1.82) is 0 Å². The van der Waals surface area contributed by atoms with E-state index < -0.39 is 0 Å². The molecule has 0 amide bonds. The Morgan fingerprint density at radius 3 is 2.59 bits per heavy atom. The van der Waals surface area contributed by atoms with Gasteiger partial charge in [-0.3, -0.25) is 0 Å². The lowest BCUT2D eigenvalue weighted by Crippen LogP contribution is -2.58. The van der Waals surface area contributed by atoms with Crippen LogP contribution in [0.25, 0.3) is 0 Å². The number of halogens is 2. The molecular weight excluding hydrogens is 302 g/mol. The Hall–Kier alpha value is -0.250. The average molecular weight is 317 g/mol. The van der Waals surface area contributed by atoms with E-state index in [0.717, 1.165) is 35.8 Å². The first-order chi connectivity index (χ1) is 8.19. The number of anilines is 1. The van der Waals surface area contributed by atoms with Crippen molar-refractivity contribution in [2.75, 3.05) is 31.2 Å². The summed E-state index contributed by atoms with van der Waals surface area (Å²) in [5, 5.41) is 0.780. The highest BCUT2D eigenvalue weighted by molar-refractivity contribution is 9.10. The third kappa shape index (κ3) is 2.20. The standard InChI is InChI=1S/C13H15BrClNO/c14-11-7-10(15)1-2-12(11)16-8-13(9-16)3-5-17-6-4-13/h1-2,7H,3-6,8-9H2. The molecule has 2 aliphatic heterocycles. The molecule has 2 fully saturated rings. The zero-order valence-corrected chi connectivity index (χ0v) is 11.9. The van der Waals surface area contributed by atoms with Gasteiger partial charge in [-0.1, -0.05) is 11.6 Å². The van der Waals surface area contributed by atoms with Crippen molar-refractivity contribution in [2.45, 2.75) is 12.8 Å². The maximum Gasteiger partial charge on any atom is 0.0512 e. The number of hydrogen-bond acceptors (Lipinski definition) is 2. The highest BCUT2D eigenvalue weighted by Gasteiger charge is 2.44. The molecule has 92 valence electrons. The van der Waals surface area contributed by atoms with Gasteiger partial charge in [0, 0.05) is 41.2 Å². The Morgan fingerprint density at radius 1 is 1.24 bits per heavy atom. The van der Waals surface area contributed by atoms with Gasteiger partial charge < -0.3 is 9.64 Å². The largest absolute Gasteiger partial charge is 0.381 e. The summed E-state index contributed by atoms with van der Waals surface area (Å²) in [6.45, 7) is 4.15. The number of benzene rings is 1. The minimum absolute atomic E-state index is 0.511. The Bertz CT molecular complexity index is 423. The van der Waals surface area contributed by atoms with Gasteiger partial charge in [0.15, 0.2) is 0 Å². The summed E-state index contributed by atoms with van der Waals surface area (Å²) in [4.78, 5) is 2.42. The Kier molecular flexibility index (Phi) is 3.09. The summed E-state index contributed by atoms with van der Waals surface area (Å²) < 4.78 is 6.53. The summed E-state index contributed by atoms with van der Waals surface area (Å²) in [6.07, 6.45) is 2.41. The summed E-state index contributed by atoms with van der Waals surface area (Å²) in [5.74, 6) is 0. The van der Waals surface area contributed by atoms with Gasteiger partial charge in [-0.05, 0) is 47.0 Å². The zero-order valence-electron chi connectivity index (χ0n) is 9.59. The van der Waals surface area contributed by atoms with E-state index in [9.17, 15) is 0 Å². The van der Waals surface area contributed by atoms with Crippen molar-refractivity contribution in [1.82, 2.24) is 0 Å². The third-order valence-electron chi connectivity index (χ3n) is 3.86. The van der Waals surface area contributed by atoms with Crippen molar-refractivity contribution < 1.29 is 4.74 Å². The van der Waals surface area contributed by atoms with Crippen molar-refractivity contribution in [3.8, 4) is 0 Å². The van der Waals surface area contributed by atoms with Crippen LogP contribution >= 0.6 is 27.5 Å². The minimum atomic E-state index is 0.511. The first-order valence-corrected chi connectivity index (χ1v) is 7.13. The molecule has 0 bridgehead atoms. The van der Waals surface area contributed by atoms with Crippen LogP contribution in [0.3, 0.4) is 0 Å². The molecule has 0 atom stereocenters. The molecule has 2 saturated heterocycles. The lowest BCUT2D eigenvalue weighted by Gasteiger charge is -2.53. The van der Waals surface area contributed by atoms with E-state index in [1.807, 2.05) is 12.1 Å². The first kappa shape index (κ1) is 11.8. The molecule has 2 aliphatic rings. The molecule has 0 radical (unpaired) electrons. The lowest BCUT2D eigenvalue weighted by molar-refractivity contribution is -0.000232. The second kappa shape index (κ2) is 4.45. The molecule has 0 aromatic heterocycles. The second-order valence-electron chi connectivity index (χ2n) is 5.06. The number of ether oxygens (including phenoxy) is 1. The van der Waals surface area contributed by atoms with Crippen LogP contribution in [0.15, 0.2) is 22.7 Å². The molecule has 0 aliphatic carbocycles. The monoisotopic (exact) mass is 315 g/mol. The molecule has 2 heterocycles. The van der Waals surface area contributed by atoms with Crippen LogP contribution in [0, 0.1) is 5.41 Å². The van der Waals surface area contributed by atoms with Gasteiger partial charge in [0.25, 0.3) is 0 Å². The molecule has 4 heteroatoms. The third-order valence-corrected chi connectivity index (χ3v) is 4.73. The predicted octanol–water partition coefficient (Wildman–Crippen LogP) is 3.72. The summed E-state index contributed by atoms with van der Waals surface area (Å²) in [6, 6.07) is 6.01. The topological polar surface area (TPSA) is 12.5 Å². The van der Waals surface area contributed by atoms with Crippen LogP contribution in [0.4, 0.5) is 5.69 Å². The van der Waals surface area contributed by atoms with Crippen molar-refractivity contribution in [3.05, 3.63) is 27.7 Å². The Labute approximate surface area is 115 Å². The Morgan fingerprint density at radius 2 is 1.94 bits per heavy atom. The molecule has 17 heavy (non-hydrogen) atoms. The van der Waals surface area contributed by atoms with E-state index >= 15 is 0 Å². The van der Waals surface area contributed by atoms with Crippen LogP contribution in [0.1, 0.15) is 12.8 Å². The number of nitrogens with zero attached hydrogens (tertiary/aromatic N) is 1. The van der Waals surface area contributed by atoms with E-state index in [1.165, 1.54) is 18.5 Å². The minimum Gasteiger partial charge on any atom is -0.381 e. The van der Waals surface area contributed by atoms with Crippen molar-refractivity contribution in [2.24, 2.45) is 5.41 Å². The smallest absolute Gasteiger partial charge is 0.0512 e. The maximum atomic E-state index is 5.96. The predicted molar refractivity (Wildman–Crippen MR) is 73.9 cm³/mol. The fourth-order valence-corrected chi connectivity index (χ4v) is 3.73. The van der Waals surface area contributed by atoms with Crippen LogP contribution in [-0.4, -0.2) is 26.3 Å². The fourth-order valence-electron chi connectivity index (χ4n) is 2.79. The van der Waals surface area contributed by atoms with Gasteiger partial charge in [0.1, 0.15) is 0 Å². The molecular formula is C13H15BrClNO. The van der Waals surface area contributed by atoms with Crippen LogP contribution in [-0.2, 0) is 4.74 Å². The molecule has 0 saturated carbocycles. The summed E-state index contributed by atoms with van der Waals surface area (Å²) >= 11 is 9.54. The summed E-state index contributed by atoms with van der Waals surface area (Å²) in [7, 11) is 0. The van der Waals surface area contributed by atoms with Gasteiger partial charge in [-0.15, -0.1) is 0 Å². The summed E-state index contributed by atoms with van der Waals surface area (Å²) in [5.41, 5.74) is 1.77. The number of rotatable bonds is 1. The van der Waals surface area contributed by atoms with Gasteiger partial charge in [-0.2, -0.15) is 0 Å². The zero-order chi connectivity index (χ0) is 11.9. The number of hydrogen-bond donors (Lipinski definition) is 0. The van der Waals surface area contributed by atoms with E-state index in [1.54, 1.807) is 0 Å². The Balaban J connectivity index is 1.72. The first-order valence-electron chi connectivity index (χ1n) is 5.96. The average Bonchev–Trinajstić information content (AvgIpc) is 2.27. The molecule has 1 aromatic rings. The highest BCUT2D eigenvalue weighted by Crippen LogP contribution is 2.44. The van der Waals surface area contributed by atoms with E-state index in [4.69, 9.17) is 16.3 Å². The normalized spacial score (nSPS) is 22.6. The molecule has 2 nitrogen and oxygen atoms in total. The highest BCUT2D eigenvalue weighted by atomic mass is 79.9. The van der Waals surface area contributed by atoms with Gasteiger partial charge in [-0.25, -0.2) is 0 Å². The molecule has 3 rings (SSSR count). The lowest BCUT2D eigenvalue weighted by atomic mass is 9.73. The fraction of sp³-hybridized carbons (Fsp3) is 0.538. The SMILES string of the molecule is Clc1ccc(N2CC3(CCOCC3)C2)c(Br)c1. The quantitative estimate of drug-likeness (QED) is 0.783. The van der Waals surface area contributed by atoms with Crippen molar-refractivity contribution in [3.63, 3.8) is 0 Å². The van der Waals surface area contributed by atoms with Crippen molar-refractivity contribution >= 4 is 33.2 Å². The van der Waals surface area contributed by atoms with E-state index in [-0.39, 0.29) is 0 Å². The van der Waals surface area contributed by atoms with E-state index in [2.05, 4.69) is 26.9 Å². The molecule has 1 spiro atoms. The van der Waals surface area contributed by atoms with Crippen LogP contribution < -0.4 is 4.90 Å². The van der Waals surface area contributed by atoms with Crippen LogP contribution in [0.2, 0.25) is 5.02 Å². The molecule has 0 N–H and O–H groups in total. The van der Waals surface area contributed by atoms with Gasteiger partial charge >= 0.3 is 0 Å².